The maximum Gasteiger partial charge on any atom is 0.308 e. The van der Waals surface area contributed by atoms with Gasteiger partial charge in [-0.15, -0.1) is 0 Å². The average Bonchev–Trinajstić information content (AvgIpc) is 2.11. The number of ketones is 1. The topological polar surface area (TPSA) is 52.6 Å². The number of carbonyl (C=O) groups excluding carboxylic acids is 2. The van der Waals surface area contributed by atoms with E-state index >= 15 is 0 Å². The first-order valence-corrected chi connectivity index (χ1v) is 4.08. The van der Waals surface area contributed by atoms with E-state index in [0.717, 1.165) is 0 Å². The number of rotatable bonds is 2. The predicted molar refractivity (Wildman–Crippen MR) is 45.1 cm³/mol. The van der Waals surface area contributed by atoms with E-state index in [2.05, 4.69) is 4.74 Å². The van der Waals surface area contributed by atoms with Gasteiger partial charge in [-0.25, -0.2) is 0 Å². The van der Waals surface area contributed by atoms with Crippen LogP contribution in [0.3, 0.4) is 0 Å². The van der Waals surface area contributed by atoms with Crippen LogP contribution in [0.5, 0.6) is 0 Å². The van der Waals surface area contributed by atoms with Gasteiger partial charge >= 0.3 is 5.97 Å². The monoisotopic (exact) mass is 184 g/mol. The molecule has 0 aliphatic carbocycles. The second kappa shape index (κ2) is 4.18. The maximum absolute atomic E-state index is 11.0. The van der Waals surface area contributed by atoms with Crippen molar-refractivity contribution in [2.24, 2.45) is 0 Å². The summed E-state index contributed by atoms with van der Waals surface area (Å²) in [6.07, 6.45) is 2.39. The third-order valence-corrected chi connectivity index (χ3v) is 1.85. The molecule has 0 fully saturated rings. The first-order valence-electron chi connectivity index (χ1n) is 4.08. The molecule has 13 heavy (non-hydrogen) atoms. The molecule has 0 spiro atoms. The summed E-state index contributed by atoms with van der Waals surface area (Å²) in [5.41, 5.74) is 0. The van der Waals surface area contributed by atoms with Gasteiger partial charge in [0.05, 0.1) is 19.6 Å². The van der Waals surface area contributed by atoms with Gasteiger partial charge in [0, 0.05) is 0 Å². The molecule has 4 nitrogen and oxygen atoms in total. The first-order chi connectivity index (χ1) is 6.13. The first kappa shape index (κ1) is 9.92. The molecular weight excluding hydrogens is 172 g/mol. The summed E-state index contributed by atoms with van der Waals surface area (Å²) in [5.74, 6) is -0.405. The quantitative estimate of drug-likeness (QED) is 0.585. The summed E-state index contributed by atoms with van der Waals surface area (Å²) in [5, 5.41) is 0. The normalized spacial score (nSPS) is 27.4. The van der Waals surface area contributed by atoms with Crippen LogP contribution in [-0.2, 0) is 19.1 Å². The van der Waals surface area contributed by atoms with E-state index < -0.39 is 6.10 Å². The summed E-state index contributed by atoms with van der Waals surface area (Å²) >= 11 is 0. The molecule has 1 heterocycles. The molecule has 0 N–H and O–H groups in total. The van der Waals surface area contributed by atoms with Crippen molar-refractivity contribution in [2.45, 2.75) is 25.6 Å². The van der Waals surface area contributed by atoms with Gasteiger partial charge in [-0.1, -0.05) is 6.08 Å². The van der Waals surface area contributed by atoms with Gasteiger partial charge in [-0.3, -0.25) is 9.59 Å². The molecule has 0 unspecified atom stereocenters. The largest absolute Gasteiger partial charge is 0.469 e. The molecule has 0 amide bonds. The van der Waals surface area contributed by atoms with E-state index in [1.807, 2.05) is 0 Å². The summed E-state index contributed by atoms with van der Waals surface area (Å²) in [4.78, 5) is 21.8. The smallest absolute Gasteiger partial charge is 0.308 e. The molecule has 0 aromatic heterocycles. The van der Waals surface area contributed by atoms with Gasteiger partial charge in [0.2, 0.25) is 0 Å². The highest BCUT2D eigenvalue weighted by molar-refractivity contribution is 5.94. The van der Waals surface area contributed by atoms with Crippen LogP contribution in [0.4, 0.5) is 0 Å². The van der Waals surface area contributed by atoms with E-state index in [1.54, 1.807) is 13.0 Å². The zero-order chi connectivity index (χ0) is 9.84. The third kappa shape index (κ3) is 2.66. The Balaban J connectivity index is 2.50. The van der Waals surface area contributed by atoms with Crippen molar-refractivity contribution in [3.8, 4) is 0 Å². The Morgan fingerprint density at radius 3 is 2.92 bits per heavy atom. The van der Waals surface area contributed by atoms with Crippen molar-refractivity contribution in [1.29, 1.82) is 0 Å². The molecule has 1 aliphatic heterocycles. The molecule has 1 rings (SSSR count). The zero-order valence-corrected chi connectivity index (χ0v) is 7.65. The van der Waals surface area contributed by atoms with Crippen molar-refractivity contribution in [3.05, 3.63) is 12.2 Å². The molecule has 0 aromatic carbocycles. The SMILES string of the molecule is COC(=O)C[C@H]1C=CC(=O)[C@H](C)O1. The van der Waals surface area contributed by atoms with Gasteiger partial charge in [0.15, 0.2) is 5.78 Å². The molecule has 0 radical (unpaired) electrons. The number of hydrogen-bond donors (Lipinski definition) is 0. The Kier molecular flexibility index (Phi) is 3.19. The van der Waals surface area contributed by atoms with Crippen molar-refractivity contribution in [3.63, 3.8) is 0 Å². The fourth-order valence-electron chi connectivity index (χ4n) is 1.08. The van der Waals surface area contributed by atoms with Gasteiger partial charge < -0.3 is 9.47 Å². The van der Waals surface area contributed by atoms with Gasteiger partial charge in [-0.2, -0.15) is 0 Å². The lowest BCUT2D eigenvalue weighted by atomic mass is 10.1. The van der Waals surface area contributed by atoms with Crippen molar-refractivity contribution < 1.29 is 19.1 Å². The molecule has 0 bridgehead atoms. The summed E-state index contributed by atoms with van der Waals surface area (Å²) in [6.45, 7) is 1.66. The molecule has 4 heteroatoms. The van der Waals surface area contributed by atoms with Gasteiger partial charge in [0.1, 0.15) is 6.10 Å². The number of methoxy groups -OCH3 is 1. The molecule has 1 aliphatic rings. The van der Waals surface area contributed by atoms with Crippen molar-refractivity contribution in [1.82, 2.24) is 0 Å². The van der Waals surface area contributed by atoms with Crippen molar-refractivity contribution >= 4 is 11.8 Å². The highest BCUT2D eigenvalue weighted by atomic mass is 16.5. The molecule has 0 saturated heterocycles. The lowest BCUT2D eigenvalue weighted by Crippen LogP contribution is -2.30. The Morgan fingerprint density at radius 1 is 1.69 bits per heavy atom. The van der Waals surface area contributed by atoms with Gasteiger partial charge in [0.25, 0.3) is 0 Å². The van der Waals surface area contributed by atoms with Crippen LogP contribution in [0.2, 0.25) is 0 Å². The van der Waals surface area contributed by atoms with Crippen LogP contribution in [0.15, 0.2) is 12.2 Å². The Hall–Kier alpha value is -1.16. The molecular formula is C9H12O4. The molecule has 72 valence electrons. The van der Waals surface area contributed by atoms with E-state index in [1.165, 1.54) is 13.2 Å². The number of esters is 1. The average molecular weight is 184 g/mol. The van der Waals surface area contributed by atoms with Crippen LogP contribution in [0.1, 0.15) is 13.3 Å². The van der Waals surface area contributed by atoms with Crippen LogP contribution in [-0.4, -0.2) is 31.1 Å². The maximum atomic E-state index is 11.0. The summed E-state index contributed by atoms with van der Waals surface area (Å²) in [7, 11) is 1.32. The number of ether oxygens (including phenoxy) is 2. The van der Waals surface area contributed by atoms with E-state index in [-0.39, 0.29) is 24.3 Å². The Morgan fingerprint density at radius 2 is 2.38 bits per heavy atom. The Labute approximate surface area is 76.5 Å². The van der Waals surface area contributed by atoms with E-state index in [4.69, 9.17) is 4.74 Å². The fourth-order valence-corrected chi connectivity index (χ4v) is 1.08. The van der Waals surface area contributed by atoms with Crippen molar-refractivity contribution in [2.75, 3.05) is 7.11 Å². The lowest BCUT2D eigenvalue weighted by Gasteiger charge is -2.20. The number of carbonyl (C=O) groups is 2. The highest BCUT2D eigenvalue weighted by Crippen LogP contribution is 2.12. The second-order valence-corrected chi connectivity index (χ2v) is 2.86. The van der Waals surface area contributed by atoms with Crippen LogP contribution in [0, 0.1) is 0 Å². The summed E-state index contributed by atoms with van der Waals surface area (Å²) in [6, 6.07) is 0. The zero-order valence-electron chi connectivity index (χ0n) is 7.65. The molecule has 0 saturated carbocycles. The fraction of sp³-hybridized carbons (Fsp3) is 0.556. The number of hydrogen-bond acceptors (Lipinski definition) is 4. The minimum atomic E-state index is -0.459. The third-order valence-electron chi connectivity index (χ3n) is 1.85. The van der Waals surface area contributed by atoms with E-state index in [0.29, 0.717) is 0 Å². The minimum absolute atomic E-state index is 0.0684. The molecule has 2 atom stereocenters. The van der Waals surface area contributed by atoms with Crippen LogP contribution >= 0.6 is 0 Å². The van der Waals surface area contributed by atoms with Gasteiger partial charge in [-0.05, 0) is 13.0 Å². The highest BCUT2D eigenvalue weighted by Gasteiger charge is 2.22. The van der Waals surface area contributed by atoms with Crippen LogP contribution in [0.25, 0.3) is 0 Å². The lowest BCUT2D eigenvalue weighted by molar-refractivity contribution is -0.146. The van der Waals surface area contributed by atoms with E-state index in [9.17, 15) is 9.59 Å². The summed E-state index contributed by atoms with van der Waals surface area (Å²) < 4.78 is 9.71. The Bertz CT molecular complexity index is 244. The second-order valence-electron chi connectivity index (χ2n) is 2.86. The van der Waals surface area contributed by atoms with Crippen LogP contribution < -0.4 is 0 Å². The standard InChI is InChI=1S/C9H12O4/c1-6-8(10)4-3-7(13-6)5-9(11)12-2/h3-4,6-7H,5H2,1-2H3/t6-,7+/m0/s1. The predicted octanol–water partition coefficient (Wildman–Crippen LogP) is 0.462. The molecule has 0 aromatic rings. The minimum Gasteiger partial charge on any atom is -0.469 e.